The number of benzene rings is 2. The number of hydrogen-bond acceptors (Lipinski definition) is 5. The summed E-state index contributed by atoms with van der Waals surface area (Å²) in [5.74, 6) is 0.245. The maximum absolute atomic E-state index is 13.5. The maximum Gasteiger partial charge on any atom is 0.338 e. The zero-order valence-electron chi connectivity index (χ0n) is 18.1. The Kier molecular flexibility index (Phi) is 5.25. The summed E-state index contributed by atoms with van der Waals surface area (Å²) in [4.78, 5) is 45.1. The average molecular weight is 431 g/mol. The molecule has 0 N–H and O–H groups in total. The van der Waals surface area contributed by atoms with Gasteiger partial charge in [-0.3, -0.25) is 14.2 Å². The summed E-state index contributed by atoms with van der Waals surface area (Å²) in [5, 5.41) is 0.541. The molecule has 0 unspecified atom stereocenters. The number of hydrogen-bond donors (Lipinski definition) is 0. The van der Waals surface area contributed by atoms with Gasteiger partial charge in [0, 0.05) is 30.8 Å². The van der Waals surface area contributed by atoms with Gasteiger partial charge in [-0.05, 0) is 61.6 Å². The summed E-state index contributed by atoms with van der Waals surface area (Å²) in [5.41, 5.74) is 3.09. The lowest BCUT2D eigenvalue weighted by molar-refractivity contribution is 0.0599. The highest BCUT2D eigenvalue weighted by Gasteiger charge is 2.27. The molecule has 7 heteroatoms. The molecule has 3 heterocycles. The van der Waals surface area contributed by atoms with E-state index in [0.717, 1.165) is 49.2 Å². The Balaban J connectivity index is 1.55. The Labute approximate surface area is 185 Å². The lowest BCUT2D eigenvalue weighted by Crippen LogP contribution is -2.36. The number of esters is 1. The van der Waals surface area contributed by atoms with Crippen molar-refractivity contribution >= 4 is 28.5 Å². The third-order valence-corrected chi connectivity index (χ3v) is 6.46. The second kappa shape index (κ2) is 8.22. The van der Waals surface area contributed by atoms with E-state index >= 15 is 0 Å². The molecule has 0 saturated carbocycles. The number of methoxy groups -OCH3 is 1. The Morgan fingerprint density at radius 2 is 1.88 bits per heavy atom. The van der Waals surface area contributed by atoms with Crippen LogP contribution in [0, 0.1) is 0 Å². The summed E-state index contributed by atoms with van der Waals surface area (Å²) in [6, 6.07) is 10.5. The monoisotopic (exact) mass is 431 g/mol. The van der Waals surface area contributed by atoms with Crippen LogP contribution < -0.4 is 10.5 Å². The van der Waals surface area contributed by atoms with Gasteiger partial charge in [0.15, 0.2) is 0 Å². The Morgan fingerprint density at radius 3 is 2.72 bits per heavy atom. The highest BCUT2D eigenvalue weighted by molar-refractivity contribution is 6.09. The molecule has 3 aromatic rings. The van der Waals surface area contributed by atoms with Crippen molar-refractivity contribution in [3.8, 4) is 0 Å². The number of ether oxygens (including phenoxy) is 1. The first-order valence-electron chi connectivity index (χ1n) is 11.1. The van der Waals surface area contributed by atoms with Crippen molar-refractivity contribution in [2.45, 2.75) is 45.1 Å². The number of carbonyl (C=O) groups is 2. The van der Waals surface area contributed by atoms with Crippen LogP contribution in [0.1, 0.15) is 57.8 Å². The summed E-state index contributed by atoms with van der Waals surface area (Å²) in [6.07, 6.45) is 5.34. The molecule has 0 saturated heterocycles. The molecule has 32 heavy (non-hydrogen) atoms. The molecule has 0 spiro atoms. The average Bonchev–Trinajstić information content (AvgIpc) is 3.08. The van der Waals surface area contributed by atoms with Gasteiger partial charge >= 0.3 is 5.97 Å². The number of carbonyl (C=O) groups excluding carboxylic acids is 2. The van der Waals surface area contributed by atoms with E-state index in [1.54, 1.807) is 39.8 Å². The van der Waals surface area contributed by atoms with E-state index in [0.29, 0.717) is 41.5 Å². The molecule has 0 fully saturated rings. The van der Waals surface area contributed by atoms with Crippen molar-refractivity contribution in [2.24, 2.45) is 0 Å². The fourth-order valence-corrected chi connectivity index (χ4v) is 4.84. The van der Waals surface area contributed by atoms with E-state index < -0.39 is 5.97 Å². The van der Waals surface area contributed by atoms with Gasteiger partial charge in [0.1, 0.15) is 5.82 Å². The van der Waals surface area contributed by atoms with Crippen LogP contribution in [0.4, 0.5) is 5.69 Å². The van der Waals surface area contributed by atoms with Crippen LogP contribution in [0.25, 0.3) is 10.9 Å². The molecule has 0 bridgehead atoms. The minimum atomic E-state index is -0.396. The van der Waals surface area contributed by atoms with Crippen molar-refractivity contribution in [1.82, 2.24) is 9.55 Å². The van der Waals surface area contributed by atoms with E-state index in [-0.39, 0.29) is 11.5 Å². The minimum Gasteiger partial charge on any atom is -0.465 e. The third kappa shape index (κ3) is 3.38. The van der Waals surface area contributed by atoms with Gasteiger partial charge < -0.3 is 9.64 Å². The van der Waals surface area contributed by atoms with Crippen molar-refractivity contribution in [3.05, 3.63) is 69.3 Å². The standard InChI is InChI=1S/C25H25N3O4/c1-32-25(31)18-7-5-9-21-17(18)8-6-14-27(21)23(29)16-11-12-19-20(15-16)26-22-10-3-2-4-13-28(22)24(19)30/h5,7,9,11-12,15H,2-4,6,8,10,13-14H2,1H3. The molecule has 0 atom stereocenters. The zero-order valence-corrected chi connectivity index (χ0v) is 18.1. The predicted molar refractivity (Wildman–Crippen MR) is 121 cm³/mol. The first-order chi connectivity index (χ1) is 15.6. The SMILES string of the molecule is COC(=O)c1cccc2c1CCCN2C(=O)c1ccc2c(=O)n3c(nc2c1)CCCCC3. The molecule has 0 aliphatic carbocycles. The summed E-state index contributed by atoms with van der Waals surface area (Å²) < 4.78 is 6.70. The first-order valence-corrected chi connectivity index (χ1v) is 11.1. The fraction of sp³-hybridized carbons (Fsp3) is 0.360. The van der Waals surface area contributed by atoms with Crippen LogP contribution in [0.5, 0.6) is 0 Å². The van der Waals surface area contributed by atoms with Crippen LogP contribution in [0.15, 0.2) is 41.2 Å². The largest absolute Gasteiger partial charge is 0.465 e. The molecule has 0 radical (unpaired) electrons. The highest BCUT2D eigenvalue weighted by Crippen LogP contribution is 2.31. The number of aryl methyl sites for hydroxylation is 1. The lowest BCUT2D eigenvalue weighted by atomic mass is 9.95. The van der Waals surface area contributed by atoms with Crippen molar-refractivity contribution < 1.29 is 14.3 Å². The highest BCUT2D eigenvalue weighted by atomic mass is 16.5. The molecular weight excluding hydrogens is 406 g/mol. The second-order valence-corrected chi connectivity index (χ2v) is 8.38. The Morgan fingerprint density at radius 1 is 1.00 bits per heavy atom. The van der Waals surface area contributed by atoms with Crippen LogP contribution in [-0.2, 0) is 24.1 Å². The van der Waals surface area contributed by atoms with Crippen molar-refractivity contribution in [3.63, 3.8) is 0 Å². The molecular formula is C25H25N3O4. The van der Waals surface area contributed by atoms with E-state index in [4.69, 9.17) is 9.72 Å². The first kappa shape index (κ1) is 20.4. The predicted octanol–water partition coefficient (Wildman–Crippen LogP) is 3.50. The molecule has 5 rings (SSSR count). The molecule has 1 amide bonds. The Hall–Kier alpha value is -3.48. The normalized spacial score (nSPS) is 15.6. The number of aromatic nitrogens is 2. The van der Waals surface area contributed by atoms with E-state index in [1.807, 2.05) is 6.07 Å². The second-order valence-electron chi connectivity index (χ2n) is 8.38. The Bertz CT molecular complexity index is 1290. The lowest BCUT2D eigenvalue weighted by Gasteiger charge is -2.30. The van der Waals surface area contributed by atoms with Gasteiger partial charge in [-0.15, -0.1) is 0 Å². The summed E-state index contributed by atoms with van der Waals surface area (Å²) in [6.45, 7) is 1.26. The number of fused-ring (bicyclic) bond motifs is 3. The van der Waals surface area contributed by atoms with Crippen molar-refractivity contribution in [1.29, 1.82) is 0 Å². The zero-order chi connectivity index (χ0) is 22.2. The van der Waals surface area contributed by atoms with Gasteiger partial charge in [-0.2, -0.15) is 0 Å². The summed E-state index contributed by atoms with van der Waals surface area (Å²) in [7, 11) is 1.36. The minimum absolute atomic E-state index is 0.0306. The molecule has 164 valence electrons. The molecule has 7 nitrogen and oxygen atoms in total. The number of amides is 1. The van der Waals surface area contributed by atoms with Crippen LogP contribution in [0.3, 0.4) is 0 Å². The van der Waals surface area contributed by atoms with Gasteiger partial charge in [0.2, 0.25) is 0 Å². The third-order valence-electron chi connectivity index (χ3n) is 6.46. The van der Waals surface area contributed by atoms with Crippen LogP contribution in [-0.4, -0.2) is 35.1 Å². The molecule has 1 aromatic heterocycles. The summed E-state index contributed by atoms with van der Waals surface area (Å²) >= 11 is 0. The van der Waals surface area contributed by atoms with Crippen LogP contribution in [0.2, 0.25) is 0 Å². The topological polar surface area (TPSA) is 81.5 Å². The number of rotatable bonds is 2. The quantitative estimate of drug-likeness (QED) is 0.580. The van der Waals surface area contributed by atoms with Gasteiger partial charge in [0.05, 0.1) is 23.6 Å². The van der Waals surface area contributed by atoms with Crippen molar-refractivity contribution in [2.75, 3.05) is 18.6 Å². The van der Waals surface area contributed by atoms with Gasteiger partial charge in [-0.1, -0.05) is 12.5 Å². The maximum atomic E-state index is 13.5. The van der Waals surface area contributed by atoms with E-state index in [9.17, 15) is 14.4 Å². The number of nitrogens with zero attached hydrogens (tertiary/aromatic N) is 3. The van der Waals surface area contributed by atoms with E-state index in [1.165, 1.54) is 7.11 Å². The number of anilines is 1. The van der Waals surface area contributed by atoms with Gasteiger partial charge in [-0.25, -0.2) is 9.78 Å². The molecule has 2 aromatic carbocycles. The molecule has 2 aliphatic heterocycles. The molecule has 2 aliphatic rings. The van der Waals surface area contributed by atoms with Gasteiger partial charge in [0.25, 0.3) is 11.5 Å². The smallest absolute Gasteiger partial charge is 0.338 e. The van der Waals surface area contributed by atoms with Crippen LogP contribution >= 0.6 is 0 Å². The van der Waals surface area contributed by atoms with E-state index in [2.05, 4.69) is 0 Å². The fourth-order valence-electron chi connectivity index (χ4n) is 4.84.